The van der Waals surface area contributed by atoms with Gasteiger partial charge in [-0.2, -0.15) is 5.48 Å². The van der Waals surface area contributed by atoms with Gasteiger partial charge >= 0.3 is 0 Å². The standard InChI is InChI=1S/C15H15NO3/c1-17-16-14-10-18-15-8-7-12(9-13(14)15)19-11-5-3-2-4-6-11/h2-9,14,16H,10H2,1H3. The zero-order chi connectivity index (χ0) is 13.1. The molecular weight excluding hydrogens is 242 g/mol. The largest absolute Gasteiger partial charge is 0.491 e. The van der Waals surface area contributed by atoms with Crippen LogP contribution < -0.4 is 15.0 Å². The highest BCUT2D eigenvalue weighted by molar-refractivity contribution is 5.45. The SMILES string of the molecule is CONC1COc2ccc(Oc3ccccc3)cc21. The third-order valence-corrected chi connectivity index (χ3v) is 3.00. The second-order valence-corrected chi connectivity index (χ2v) is 4.30. The first kappa shape index (κ1) is 12.0. The average molecular weight is 257 g/mol. The van der Waals surface area contributed by atoms with Crippen LogP contribution in [0.2, 0.25) is 0 Å². The fourth-order valence-electron chi connectivity index (χ4n) is 2.12. The Bertz CT molecular complexity index is 555. The van der Waals surface area contributed by atoms with Gasteiger partial charge in [-0.15, -0.1) is 0 Å². The third kappa shape index (κ3) is 2.54. The number of rotatable bonds is 4. The van der Waals surface area contributed by atoms with Gasteiger partial charge in [-0.25, -0.2) is 0 Å². The smallest absolute Gasteiger partial charge is 0.128 e. The van der Waals surface area contributed by atoms with E-state index in [1.807, 2.05) is 48.5 Å². The molecule has 1 aliphatic heterocycles. The van der Waals surface area contributed by atoms with E-state index in [4.69, 9.17) is 14.3 Å². The molecule has 0 saturated heterocycles. The van der Waals surface area contributed by atoms with E-state index in [2.05, 4.69) is 5.48 Å². The van der Waals surface area contributed by atoms with Crippen molar-refractivity contribution in [1.29, 1.82) is 0 Å². The summed E-state index contributed by atoms with van der Waals surface area (Å²) in [6.07, 6.45) is 0. The molecular formula is C15H15NO3. The fraction of sp³-hybridized carbons (Fsp3) is 0.200. The predicted molar refractivity (Wildman–Crippen MR) is 71.3 cm³/mol. The van der Waals surface area contributed by atoms with E-state index < -0.39 is 0 Å². The summed E-state index contributed by atoms with van der Waals surface area (Å²) in [6, 6.07) is 15.5. The monoisotopic (exact) mass is 257 g/mol. The number of para-hydroxylation sites is 1. The van der Waals surface area contributed by atoms with Crippen molar-refractivity contribution in [1.82, 2.24) is 5.48 Å². The first-order valence-electron chi connectivity index (χ1n) is 6.15. The van der Waals surface area contributed by atoms with Crippen molar-refractivity contribution in [2.24, 2.45) is 0 Å². The van der Waals surface area contributed by atoms with Crippen LogP contribution in [0.3, 0.4) is 0 Å². The van der Waals surface area contributed by atoms with E-state index in [1.54, 1.807) is 7.11 Å². The molecule has 0 saturated carbocycles. The summed E-state index contributed by atoms with van der Waals surface area (Å²) in [6.45, 7) is 0.567. The molecule has 1 atom stereocenters. The molecule has 0 aromatic heterocycles. The Morgan fingerprint density at radius 3 is 2.74 bits per heavy atom. The van der Waals surface area contributed by atoms with Crippen molar-refractivity contribution in [3.63, 3.8) is 0 Å². The molecule has 4 heteroatoms. The Balaban J connectivity index is 1.83. The summed E-state index contributed by atoms with van der Waals surface area (Å²) in [5.74, 6) is 2.48. The van der Waals surface area contributed by atoms with Crippen LogP contribution in [0.25, 0.3) is 0 Å². The lowest BCUT2D eigenvalue weighted by Gasteiger charge is -2.10. The second kappa shape index (κ2) is 5.30. The minimum absolute atomic E-state index is 0.0410. The molecule has 2 aromatic carbocycles. The molecule has 0 spiro atoms. The summed E-state index contributed by atoms with van der Waals surface area (Å²) in [4.78, 5) is 4.97. The summed E-state index contributed by atoms with van der Waals surface area (Å²) in [5.41, 5.74) is 3.96. The van der Waals surface area contributed by atoms with Crippen LogP contribution in [-0.2, 0) is 4.84 Å². The van der Waals surface area contributed by atoms with Crippen molar-refractivity contribution in [2.45, 2.75) is 6.04 Å². The maximum absolute atomic E-state index is 5.81. The van der Waals surface area contributed by atoms with Crippen molar-refractivity contribution >= 4 is 0 Å². The number of hydrogen-bond donors (Lipinski definition) is 1. The zero-order valence-corrected chi connectivity index (χ0v) is 10.6. The molecule has 0 radical (unpaired) electrons. The van der Waals surface area contributed by atoms with E-state index in [-0.39, 0.29) is 6.04 Å². The van der Waals surface area contributed by atoms with E-state index in [0.717, 1.165) is 22.8 Å². The van der Waals surface area contributed by atoms with Crippen LogP contribution in [-0.4, -0.2) is 13.7 Å². The van der Waals surface area contributed by atoms with Crippen LogP contribution >= 0.6 is 0 Å². The van der Waals surface area contributed by atoms with Crippen molar-refractivity contribution in [3.8, 4) is 17.2 Å². The Kier molecular flexibility index (Phi) is 3.35. The third-order valence-electron chi connectivity index (χ3n) is 3.00. The summed E-state index contributed by atoms with van der Waals surface area (Å²) < 4.78 is 11.4. The van der Waals surface area contributed by atoms with Gasteiger partial charge in [0.15, 0.2) is 0 Å². The predicted octanol–water partition coefficient (Wildman–Crippen LogP) is 3.06. The molecule has 1 unspecified atom stereocenters. The minimum Gasteiger partial charge on any atom is -0.491 e. The lowest BCUT2D eigenvalue weighted by molar-refractivity contribution is 0.0536. The molecule has 0 amide bonds. The van der Waals surface area contributed by atoms with Gasteiger partial charge in [0.1, 0.15) is 23.9 Å². The van der Waals surface area contributed by atoms with E-state index >= 15 is 0 Å². The highest BCUT2D eigenvalue weighted by Gasteiger charge is 2.24. The molecule has 0 fully saturated rings. The maximum atomic E-state index is 5.81. The minimum atomic E-state index is 0.0410. The molecule has 19 heavy (non-hydrogen) atoms. The van der Waals surface area contributed by atoms with Crippen LogP contribution in [0.4, 0.5) is 0 Å². The van der Waals surface area contributed by atoms with E-state index in [1.165, 1.54) is 0 Å². The lowest BCUT2D eigenvalue weighted by atomic mass is 10.1. The maximum Gasteiger partial charge on any atom is 0.128 e. The van der Waals surface area contributed by atoms with Gasteiger partial charge in [0.05, 0.1) is 13.2 Å². The van der Waals surface area contributed by atoms with Crippen LogP contribution in [0.5, 0.6) is 17.2 Å². The summed E-state index contributed by atoms with van der Waals surface area (Å²) in [7, 11) is 1.60. The van der Waals surface area contributed by atoms with Crippen LogP contribution in [0, 0.1) is 0 Å². The van der Waals surface area contributed by atoms with Gasteiger partial charge in [-0.3, -0.25) is 0 Å². The molecule has 98 valence electrons. The Labute approximate surface area is 111 Å². The lowest BCUT2D eigenvalue weighted by Crippen LogP contribution is -2.20. The second-order valence-electron chi connectivity index (χ2n) is 4.30. The van der Waals surface area contributed by atoms with E-state index in [0.29, 0.717) is 6.61 Å². The molecule has 1 aliphatic rings. The average Bonchev–Trinajstić information content (AvgIpc) is 2.83. The van der Waals surface area contributed by atoms with Crippen molar-refractivity contribution in [2.75, 3.05) is 13.7 Å². The first-order chi connectivity index (χ1) is 9.36. The first-order valence-corrected chi connectivity index (χ1v) is 6.15. The highest BCUT2D eigenvalue weighted by Crippen LogP contribution is 2.36. The molecule has 0 aliphatic carbocycles. The molecule has 4 nitrogen and oxygen atoms in total. The molecule has 2 aromatic rings. The topological polar surface area (TPSA) is 39.7 Å². The highest BCUT2D eigenvalue weighted by atomic mass is 16.6. The van der Waals surface area contributed by atoms with E-state index in [9.17, 15) is 0 Å². The van der Waals surface area contributed by atoms with Crippen molar-refractivity contribution in [3.05, 3.63) is 54.1 Å². The fourth-order valence-corrected chi connectivity index (χ4v) is 2.12. The number of ether oxygens (including phenoxy) is 2. The Morgan fingerprint density at radius 1 is 1.11 bits per heavy atom. The zero-order valence-electron chi connectivity index (χ0n) is 10.6. The van der Waals surface area contributed by atoms with Gasteiger partial charge in [-0.1, -0.05) is 18.2 Å². The molecule has 1 heterocycles. The quantitative estimate of drug-likeness (QED) is 0.854. The van der Waals surface area contributed by atoms with Gasteiger partial charge in [-0.05, 0) is 30.3 Å². The number of hydroxylamine groups is 1. The normalized spacial score (nSPS) is 16.8. The number of nitrogens with one attached hydrogen (secondary N) is 1. The summed E-state index contributed by atoms with van der Waals surface area (Å²) in [5, 5.41) is 0. The summed E-state index contributed by atoms with van der Waals surface area (Å²) >= 11 is 0. The van der Waals surface area contributed by atoms with Crippen LogP contribution in [0.1, 0.15) is 11.6 Å². The van der Waals surface area contributed by atoms with Gasteiger partial charge in [0.2, 0.25) is 0 Å². The van der Waals surface area contributed by atoms with Crippen LogP contribution in [0.15, 0.2) is 48.5 Å². The Hall–Kier alpha value is -2.04. The number of fused-ring (bicyclic) bond motifs is 1. The van der Waals surface area contributed by atoms with Gasteiger partial charge < -0.3 is 14.3 Å². The number of benzene rings is 2. The molecule has 0 bridgehead atoms. The number of hydrogen-bond acceptors (Lipinski definition) is 4. The van der Waals surface area contributed by atoms with Crippen molar-refractivity contribution < 1.29 is 14.3 Å². The van der Waals surface area contributed by atoms with Gasteiger partial charge in [0.25, 0.3) is 0 Å². The molecule has 3 rings (SSSR count). The van der Waals surface area contributed by atoms with Gasteiger partial charge in [0, 0.05) is 5.56 Å². The Morgan fingerprint density at radius 2 is 1.95 bits per heavy atom. The molecule has 1 N–H and O–H groups in total.